The molecule has 0 radical (unpaired) electrons. The molecule has 12 nitrogen and oxygen atoms in total. The summed E-state index contributed by atoms with van der Waals surface area (Å²) in [7, 11) is 1.53. The summed E-state index contributed by atoms with van der Waals surface area (Å²) in [5.41, 5.74) is 3.09. The minimum absolute atomic E-state index is 0.0373. The Balaban J connectivity index is 1.45. The molecule has 0 aliphatic heterocycles. The Kier molecular flexibility index (Phi) is 14.6. The molecule has 2 aromatic carbocycles. The molecule has 0 aliphatic carbocycles. The van der Waals surface area contributed by atoms with Gasteiger partial charge in [0.2, 0.25) is 5.91 Å². The first-order chi connectivity index (χ1) is 24.2. The highest BCUT2D eigenvalue weighted by Gasteiger charge is 2.31. The van der Waals surface area contributed by atoms with Crippen molar-refractivity contribution in [2.24, 2.45) is 5.92 Å². The van der Waals surface area contributed by atoms with E-state index >= 15 is 0 Å². The molecule has 50 heavy (non-hydrogen) atoms. The second-order valence-electron chi connectivity index (χ2n) is 12.2. The number of ether oxygens (including phenoxy) is 3. The largest absolute Gasteiger partial charge is 0.495 e. The van der Waals surface area contributed by atoms with Crippen LogP contribution in [0.15, 0.2) is 104 Å². The van der Waals surface area contributed by atoms with Crippen LogP contribution in [0, 0.1) is 5.92 Å². The van der Waals surface area contributed by atoms with Crippen molar-refractivity contribution >= 4 is 18.1 Å². The third-order valence-corrected chi connectivity index (χ3v) is 7.96. The number of carbonyl (C=O) groups is 3. The summed E-state index contributed by atoms with van der Waals surface area (Å²) in [5.74, 6) is -0.217. The number of rotatable bonds is 17. The highest BCUT2D eigenvalue weighted by molar-refractivity contribution is 5.86. The van der Waals surface area contributed by atoms with Crippen LogP contribution in [0.25, 0.3) is 0 Å². The van der Waals surface area contributed by atoms with Crippen molar-refractivity contribution in [3.8, 4) is 5.75 Å². The predicted molar refractivity (Wildman–Crippen MR) is 187 cm³/mol. The lowest BCUT2D eigenvalue weighted by Gasteiger charge is -2.30. The van der Waals surface area contributed by atoms with Gasteiger partial charge in [-0.3, -0.25) is 14.8 Å². The maximum Gasteiger partial charge on any atom is 0.408 e. The number of hydrogen-bond acceptors (Lipinski definition) is 9. The Labute approximate surface area is 292 Å². The first-order valence-corrected chi connectivity index (χ1v) is 16.5. The number of aliphatic hydroxyl groups is 1. The van der Waals surface area contributed by atoms with E-state index in [1.807, 2.05) is 60.7 Å². The van der Waals surface area contributed by atoms with Crippen molar-refractivity contribution in [2.75, 3.05) is 7.11 Å². The topological polar surface area (TPSA) is 161 Å². The third-order valence-electron chi connectivity index (χ3n) is 7.96. The fourth-order valence-corrected chi connectivity index (χ4v) is 5.27. The van der Waals surface area contributed by atoms with E-state index in [1.165, 1.54) is 13.3 Å². The van der Waals surface area contributed by atoms with Gasteiger partial charge >= 0.3 is 12.2 Å². The minimum atomic E-state index is -1.09. The highest BCUT2D eigenvalue weighted by atomic mass is 16.6. The first kappa shape index (κ1) is 37.3. The Bertz CT molecular complexity index is 1610. The summed E-state index contributed by atoms with van der Waals surface area (Å²) in [6.07, 6.45) is 3.08. The van der Waals surface area contributed by atoms with Gasteiger partial charge in [0.15, 0.2) is 0 Å². The van der Waals surface area contributed by atoms with Gasteiger partial charge in [0.1, 0.15) is 25.0 Å². The lowest BCUT2D eigenvalue weighted by molar-refractivity contribution is -0.125. The average molecular weight is 684 g/mol. The minimum Gasteiger partial charge on any atom is -0.495 e. The van der Waals surface area contributed by atoms with E-state index in [0.717, 1.165) is 16.7 Å². The number of amides is 3. The van der Waals surface area contributed by atoms with E-state index in [-0.39, 0.29) is 25.6 Å². The fraction of sp³-hybridized carbons (Fsp3) is 0.342. The van der Waals surface area contributed by atoms with Crippen molar-refractivity contribution in [1.29, 1.82) is 0 Å². The van der Waals surface area contributed by atoms with Crippen LogP contribution in [-0.2, 0) is 40.3 Å². The number of hydrogen-bond donors (Lipinski definition) is 4. The number of alkyl carbamates (subject to hydrolysis) is 2. The number of carbonyl (C=O) groups excluding carboxylic acids is 3. The molecule has 3 amide bonds. The van der Waals surface area contributed by atoms with Crippen LogP contribution in [0.4, 0.5) is 9.59 Å². The molecular formula is C38H45N5O7. The van der Waals surface area contributed by atoms with Gasteiger partial charge in [-0.25, -0.2) is 9.59 Å². The molecule has 4 atom stereocenters. The second kappa shape index (κ2) is 19.5. The summed E-state index contributed by atoms with van der Waals surface area (Å²) in [4.78, 5) is 47.6. The summed E-state index contributed by atoms with van der Waals surface area (Å²) in [6, 6.07) is 23.7. The van der Waals surface area contributed by atoms with Gasteiger partial charge in [0, 0.05) is 24.0 Å². The van der Waals surface area contributed by atoms with Crippen molar-refractivity contribution in [2.45, 2.75) is 70.6 Å². The number of aromatic nitrogens is 2. The zero-order valence-corrected chi connectivity index (χ0v) is 28.5. The van der Waals surface area contributed by atoms with Crippen LogP contribution in [0.1, 0.15) is 42.7 Å². The molecule has 2 heterocycles. The first-order valence-electron chi connectivity index (χ1n) is 16.5. The standard InChI is InChI=1S/C38H45N5O7/c1-26(2)35(43-38(47)50-25-30-16-17-32(48-3)23-40-30)36(45)42-33(20-28-13-8-5-9-14-28)34(44)21-31(19-27-11-6-4-7-12-27)41-37(46)49-24-29-15-10-18-39-22-29/h4-18,22-23,26,31,33-35,44H,19-21,24-25H2,1-3H3,(H,41,46)(H,42,45)(H,43,47)/t31-,33-,34-,35-/m0/s1. The molecule has 0 fully saturated rings. The van der Waals surface area contributed by atoms with Crippen molar-refractivity contribution in [3.05, 3.63) is 126 Å². The molecule has 4 aromatic rings. The number of pyridine rings is 2. The van der Waals surface area contributed by atoms with Crippen molar-refractivity contribution in [3.63, 3.8) is 0 Å². The summed E-state index contributed by atoms with van der Waals surface area (Å²) in [6.45, 7) is 3.54. The van der Waals surface area contributed by atoms with Crippen LogP contribution in [0.5, 0.6) is 5.75 Å². The van der Waals surface area contributed by atoms with Gasteiger partial charge in [0.05, 0.1) is 31.1 Å². The highest BCUT2D eigenvalue weighted by Crippen LogP contribution is 2.16. The number of aliphatic hydroxyl groups excluding tert-OH is 1. The Morgan fingerprint density at radius 3 is 1.98 bits per heavy atom. The summed E-state index contributed by atoms with van der Waals surface area (Å²) in [5, 5.41) is 20.2. The lowest BCUT2D eigenvalue weighted by atomic mass is 9.93. The van der Waals surface area contributed by atoms with Gasteiger partial charge in [-0.15, -0.1) is 0 Å². The molecule has 0 saturated carbocycles. The van der Waals surface area contributed by atoms with Crippen molar-refractivity contribution in [1.82, 2.24) is 25.9 Å². The predicted octanol–water partition coefficient (Wildman–Crippen LogP) is 4.75. The van der Waals surface area contributed by atoms with Gasteiger partial charge < -0.3 is 35.3 Å². The lowest BCUT2D eigenvalue weighted by Crippen LogP contribution is -2.56. The molecule has 4 N–H and O–H groups in total. The van der Waals surface area contributed by atoms with Gasteiger partial charge in [0.25, 0.3) is 0 Å². The van der Waals surface area contributed by atoms with E-state index in [9.17, 15) is 19.5 Å². The third kappa shape index (κ3) is 12.5. The number of nitrogens with one attached hydrogen (secondary N) is 3. The number of benzene rings is 2. The Morgan fingerprint density at radius 1 is 0.740 bits per heavy atom. The van der Waals surface area contributed by atoms with Gasteiger partial charge in [-0.05, 0) is 54.5 Å². The Hall–Kier alpha value is -5.49. The summed E-state index contributed by atoms with van der Waals surface area (Å²) < 4.78 is 15.9. The molecular weight excluding hydrogens is 638 g/mol. The number of nitrogens with zero attached hydrogens (tertiary/aromatic N) is 2. The molecule has 12 heteroatoms. The van der Waals surface area contributed by atoms with E-state index in [2.05, 4.69) is 25.9 Å². The molecule has 0 aliphatic rings. The van der Waals surface area contributed by atoms with Crippen molar-refractivity contribution < 1.29 is 33.7 Å². The van der Waals surface area contributed by atoms with Crippen LogP contribution in [0.3, 0.4) is 0 Å². The SMILES string of the molecule is COc1ccc(COC(=O)N[C@H](C(=O)N[C@@H](Cc2ccccc2)[C@@H](O)C[C@H](Cc2ccccc2)NC(=O)OCc2cccnc2)C(C)C)nc1. The second-order valence-corrected chi connectivity index (χ2v) is 12.2. The quantitative estimate of drug-likeness (QED) is 0.123. The molecule has 0 bridgehead atoms. The number of methoxy groups -OCH3 is 1. The molecule has 0 saturated heterocycles. The maximum atomic E-state index is 13.7. The maximum absolute atomic E-state index is 13.7. The van der Waals surface area contributed by atoms with Crippen LogP contribution < -0.4 is 20.7 Å². The van der Waals surface area contributed by atoms with Gasteiger partial charge in [-0.2, -0.15) is 0 Å². The fourth-order valence-electron chi connectivity index (χ4n) is 5.27. The van der Waals surface area contributed by atoms with Crippen LogP contribution in [0.2, 0.25) is 0 Å². The van der Waals surface area contributed by atoms with E-state index in [4.69, 9.17) is 14.2 Å². The smallest absolute Gasteiger partial charge is 0.408 e. The van der Waals surface area contributed by atoms with Crippen LogP contribution >= 0.6 is 0 Å². The van der Waals surface area contributed by atoms with E-state index in [0.29, 0.717) is 24.3 Å². The Morgan fingerprint density at radius 2 is 1.38 bits per heavy atom. The van der Waals surface area contributed by atoms with Gasteiger partial charge in [-0.1, -0.05) is 80.6 Å². The normalized spacial score (nSPS) is 13.3. The monoisotopic (exact) mass is 683 g/mol. The van der Waals surface area contributed by atoms with E-state index in [1.54, 1.807) is 50.5 Å². The zero-order chi connectivity index (χ0) is 35.7. The average Bonchev–Trinajstić information content (AvgIpc) is 3.13. The molecule has 4 rings (SSSR count). The molecule has 2 aromatic heterocycles. The molecule has 0 spiro atoms. The molecule has 264 valence electrons. The zero-order valence-electron chi connectivity index (χ0n) is 28.5. The van der Waals surface area contributed by atoms with E-state index < -0.39 is 42.3 Å². The summed E-state index contributed by atoms with van der Waals surface area (Å²) >= 11 is 0. The van der Waals surface area contributed by atoms with Crippen LogP contribution in [-0.4, -0.2) is 64.5 Å². The molecule has 0 unspecified atom stereocenters.